The van der Waals surface area contributed by atoms with Gasteiger partial charge in [-0.25, -0.2) is 8.78 Å². The highest BCUT2D eigenvalue weighted by Crippen LogP contribution is 2.67. The van der Waals surface area contributed by atoms with E-state index in [0.29, 0.717) is 0 Å². The van der Waals surface area contributed by atoms with E-state index in [0.717, 1.165) is 0 Å². The monoisotopic (exact) mass is 744 g/mol. The predicted octanol–water partition coefficient (Wildman–Crippen LogP) is 8.24. The Bertz CT molecular complexity index is 1220. The van der Waals surface area contributed by atoms with Gasteiger partial charge in [-0.15, -0.1) is 0 Å². The zero-order valence-electron chi connectivity index (χ0n) is 18.6. The predicted molar refractivity (Wildman–Crippen MR) is 81.2 cm³/mol. The summed E-state index contributed by atoms with van der Waals surface area (Å²) in [6.07, 6.45) is -14.7. The molecule has 0 saturated carbocycles. The number of allylic oxidation sites excluding steroid dienone is 1. The van der Waals surface area contributed by atoms with Gasteiger partial charge in [-0.05, 0) is 0 Å². The Kier molecular flexibility index (Phi) is 9.91. The summed E-state index contributed by atoms with van der Waals surface area (Å²) in [5.74, 6) is -97.8. The van der Waals surface area contributed by atoms with Gasteiger partial charge >= 0.3 is 75.5 Å². The maximum absolute atomic E-state index is 13.6. The fourth-order valence-electron chi connectivity index (χ4n) is 2.31. The molecule has 0 radical (unpaired) electrons. The maximum Gasteiger partial charge on any atom is 0.460 e. The van der Waals surface area contributed by atoms with Crippen LogP contribution in [0.1, 0.15) is 0 Å². The quantitative estimate of drug-likeness (QED) is 0.162. The lowest BCUT2D eigenvalue weighted by atomic mass is 9.84. The molecule has 0 bridgehead atoms. The third-order valence-corrected chi connectivity index (χ3v) is 5.53. The van der Waals surface area contributed by atoms with Crippen LogP contribution in [0, 0.1) is 0 Å². The fourth-order valence-corrected chi connectivity index (χ4v) is 2.66. The smallest absolute Gasteiger partial charge is 0.280 e. The topological polar surface area (TPSA) is 54.4 Å². The third-order valence-electron chi connectivity index (χ3n) is 4.88. The Morgan fingerprint density at radius 2 is 0.636 bits per heavy atom. The first-order valence-electron chi connectivity index (χ1n) is 8.99. The van der Waals surface area contributed by atoms with Crippen molar-refractivity contribution < 1.29 is 127 Å². The minimum absolute atomic E-state index is 4.38. The zero-order valence-corrected chi connectivity index (χ0v) is 19.4. The van der Waals surface area contributed by atoms with E-state index < -0.39 is 92.7 Å². The number of halogens is 26. The summed E-state index contributed by atoms with van der Waals surface area (Å²) in [6.45, 7) is 0. The lowest BCUT2D eigenvalue weighted by molar-refractivity contribution is -0.479. The van der Waals surface area contributed by atoms with E-state index in [9.17, 15) is 123 Å². The fraction of sp³-hybridized carbons (Fsp3) is 0.857. The van der Waals surface area contributed by atoms with Crippen molar-refractivity contribution in [1.82, 2.24) is 0 Å². The van der Waals surface area contributed by atoms with E-state index in [4.69, 9.17) is 4.55 Å². The number of rotatable bonds is 12. The Morgan fingerprint density at radius 1 is 0.432 bits per heavy atom. The summed E-state index contributed by atoms with van der Waals surface area (Å²) in [5.41, 5.74) is 0. The molecule has 44 heavy (non-hydrogen) atoms. The van der Waals surface area contributed by atoms with Crippen molar-refractivity contribution in [2.24, 2.45) is 0 Å². The highest BCUT2D eigenvalue weighted by Gasteiger charge is 2.99. The van der Waals surface area contributed by atoms with Crippen molar-refractivity contribution in [2.75, 3.05) is 0 Å². The van der Waals surface area contributed by atoms with Crippen molar-refractivity contribution in [3.8, 4) is 0 Å². The molecule has 0 aromatic rings. The number of alkyl halides is 24. The van der Waals surface area contributed by atoms with Gasteiger partial charge in [0.25, 0.3) is 5.16 Å². The Balaban J connectivity index is 7.43. The van der Waals surface area contributed by atoms with Gasteiger partial charge in [0.2, 0.25) is 6.17 Å². The lowest BCUT2D eigenvalue weighted by Gasteiger charge is -2.45. The third kappa shape index (κ3) is 5.16. The van der Waals surface area contributed by atoms with Crippen LogP contribution in [0.5, 0.6) is 0 Å². The first-order chi connectivity index (χ1) is 18.5. The average molecular weight is 744 g/mol. The second-order valence-electron chi connectivity index (χ2n) is 7.75. The Morgan fingerprint density at radius 3 is 0.841 bits per heavy atom. The highest BCUT2D eigenvalue weighted by molar-refractivity contribution is 7.89. The molecule has 30 heteroatoms. The van der Waals surface area contributed by atoms with E-state index in [2.05, 4.69) is 0 Å². The van der Waals surface area contributed by atoms with Gasteiger partial charge < -0.3 is 0 Å². The van der Waals surface area contributed by atoms with E-state index >= 15 is 0 Å². The summed E-state index contributed by atoms with van der Waals surface area (Å²) in [7, 11) is -7.00. The molecule has 0 aliphatic rings. The first kappa shape index (κ1) is 41.8. The van der Waals surface area contributed by atoms with Gasteiger partial charge in [0.05, 0.1) is 0 Å². The molecule has 0 aliphatic heterocycles. The standard InChI is InChI=1S/C14H2F26O3S/c15-1(3(17)44(41,42)43)2(16)4(18,19)5(20,21)6(22,23)7(24,25)8(26,27)9(28,29)10(30,31)11(32,33)12(34,35)13(36,37)14(38,39)40/h2H,(H,41,42,43)/b3-1-. The zero-order chi connectivity index (χ0) is 36.7. The molecule has 3 nitrogen and oxygen atoms in total. The van der Waals surface area contributed by atoms with Crippen LogP contribution >= 0.6 is 0 Å². The van der Waals surface area contributed by atoms with E-state index in [1.54, 1.807) is 0 Å². The van der Waals surface area contributed by atoms with Crippen molar-refractivity contribution >= 4 is 10.1 Å². The first-order valence-corrected chi connectivity index (χ1v) is 10.4. The van der Waals surface area contributed by atoms with Crippen molar-refractivity contribution in [2.45, 2.75) is 71.6 Å². The molecule has 1 atom stereocenters. The van der Waals surface area contributed by atoms with Crippen LogP contribution < -0.4 is 0 Å². The normalized spacial score (nSPS) is 17.9. The number of hydrogen-bond donors (Lipinski definition) is 1. The van der Waals surface area contributed by atoms with Crippen LogP contribution in [0.4, 0.5) is 114 Å². The van der Waals surface area contributed by atoms with Crippen LogP contribution in [0.25, 0.3) is 0 Å². The molecule has 1 N–H and O–H groups in total. The molecule has 0 rings (SSSR count). The van der Waals surface area contributed by atoms with Crippen molar-refractivity contribution in [3.05, 3.63) is 11.0 Å². The summed E-state index contributed by atoms with van der Waals surface area (Å²) in [6, 6.07) is 0. The van der Waals surface area contributed by atoms with Gasteiger partial charge in [-0.3, -0.25) is 4.55 Å². The van der Waals surface area contributed by atoms with Crippen LogP contribution in [0.15, 0.2) is 11.0 Å². The van der Waals surface area contributed by atoms with Gasteiger partial charge in [-0.1, -0.05) is 0 Å². The molecule has 0 spiro atoms. The highest BCUT2D eigenvalue weighted by atomic mass is 32.2. The van der Waals surface area contributed by atoms with Crippen LogP contribution in [-0.2, 0) is 10.1 Å². The minimum atomic E-state index is -9.74. The Hall–Kier alpha value is -2.17. The van der Waals surface area contributed by atoms with Crippen LogP contribution in [-0.4, -0.2) is 84.5 Å². The molecule has 0 aliphatic carbocycles. The SMILES string of the molecule is O=S(=O)(O)/C(F)=C(\F)C(F)C(F)(F)C(F)(F)C(F)(F)C(F)(F)C(F)(F)C(F)(F)C(F)(F)C(F)(F)C(F)(F)C(F)(F)C(F)(F)F. The molecule has 0 aromatic heterocycles. The van der Waals surface area contributed by atoms with E-state index in [-0.39, 0.29) is 0 Å². The second-order valence-corrected chi connectivity index (χ2v) is 9.06. The molecule has 1 unspecified atom stereocenters. The average Bonchev–Trinajstić information content (AvgIpc) is 2.79. The molecule has 0 aromatic carbocycles. The molecule has 0 amide bonds. The summed E-state index contributed by atoms with van der Waals surface area (Å²) in [4.78, 5) is 0. The largest absolute Gasteiger partial charge is 0.460 e. The molecule has 0 saturated heterocycles. The molecule has 0 heterocycles. The van der Waals surface area contributed by atoms with Gasteiger partial charge in [0, 0.05) is 0 Å². The molecule has 0 fully saturated rings. The van der Waals surface area contributed by atoms with Gasteiger partial charge in [-0.2, -0.15) is 114 Å². The van der Waals surface area contributed by atoms with Crippen molar-refractivity contribution in [3.63, 3.8) is 0 Å². The van der Waals surface area contributed by atoms with Gasteiger partial charge in [0.15, 0.2) is 5.83 Å². The number of hydrogen-bond acceptors (Lipinski definition) is 2. The van der Waals surface area contributed by atoms with E-state index in [1.807, 2.05) is 0 Å². The summed E-state index contributed by atoms with van der Waals surface area (Å²) in [5, 5.41) is -4.38. The lowest BCUT2D eigenvalue weighted by Crippen LogP contribution is -2.78. The minimum Gasteiger partial charge on any atom is -0.280 e. The van der Waals surface area contributed by atoms with Crippen molar-refractivity contribution in [1.29, 1.82) is 0 Å². The molecule has 264 valence electrons. The second kappa shape index (κ2) is 10.4. The summed E-state index contributed by atoms with van der Waals surface area (Å²) >= 11 is 0. The molecular weight excluding hydrogens is 742 g/mol. The van der Waals surface area contributed by atoms with Crippen LogP contribution in [0.3, 0.4) is 0 Å². The van der Waals surface area contributed by atoms with Crippen LogP contribution in [0.2, 0.25) is 0 Å². The maximum atomic E-state index is 13.6. The molecular formula is C14H2F26O3S. The summed E-state index contributed by atoms with van der Waals surface area (Å²) < 4.78 is 371. The Labute approximate surface area is 221 Å². The van der Waals surface area contributed by atoms with E-state index in [1.165, 1.54) is 0 Å². The van der Waals surface area contributed by atoms with Gasteiger partial charge in [0.1, 0.15) is 0 Å².